The number of nitrogens with zero attached hydrogens (tertiary/aromatic N) is 2. The fourth-order valence-corrected chi connectivity index (χ4v) is 4.54. The minimum absolute atomic E-state index is 0.130. The van der Waals surface area contributed by atoms with E-state index in [1.54, 1.807) is 32.4 Å². The van der Waals surface area contributed by atoms with Crippen molar-refractivity contribution in [2.75, 3.05) is 27.3 Å². The highest BCUT2D eigenvalue weighted by Crippen LogP contribution is 2.39. The summed E-state index contributed by atoms with van der Waals surface area (Å²) in [6.45, 7) is 3.03. The van der Waals surface area contributed by atoms with Gasteiger partial charge in [0.15, 0.2) is 0 Å². The molecular formula is C25H28N2O5. The Labute approximate surface area is 187 Å². The summed E-state index contributed by atoms with van der Waals surface area (Å²) >= 11 is 0. The second-order valence-electron chi connectivity index (χ2n) is 8.14. The molecule has 0 spiro atoms. The zero-order valence-electron chi connectivity index (χ0n) is 18.7. The Morgan fingerprint density at radius 2 is 1.81 bits per heavy atom. The van der Waals surface area contributed by atoms with Gasteiger partial charge in [-0.3, -0.25) is 19.3 Å². The molecule has 0 aliphatic carbocycles. The number of rotatable bonds is 7. The van der Waals surface area contributed by atoms with Crippen LogP contribution in [0.25, 0.3) is 0 Å². The van der Waals surface area contributed by atoms with E-state index in [2.05, 4.69) is 0 Å². The molecule has 0 saturated carbocycles. The van der Waals surface area contributed by atoms with Crippen LogP contribution in [0.15, 0.2) is 36.4 Å². The summed E-state index contributed by atoms with van der Waals surface area (Å²) in [5.74, 6) is 0.619. The summed E-state index contributed by atoms with van der Waals surface area (Å²) in [7, 11) is 3.20. The summed E-state index contributed by atoms with van der Waals surface area (Å²) in [4.78, 5) is 41.9. The quantitative estimate of drug-likeness (QED) is 0.612. The number of hydrogen-bond acceptors (Lipinski definition) is 5. The van der Waals surface area contributed by atoms with Crippen LogP contribution in [-0.2, 0) is 0 Å². The van der Waals surface area contributed by atoms with E-state index in [0.29, 0.717) is 41.3 Å². The average molecular weight is 437 g/mol. The number of unbranched alkanes of at least 4 members (excludes halogenated alkanes) is 1. The van der Waals surface area contributed by atoms with Crippen molar-refractivity contribution in [3.05, 3.63) is 58.7 Å². The van der Waals surface area contributed by atoms with Crippen LogP contribution in [0.1, 0.15) is 75.3 Å². The van der Waals surface area contributed by atoms with Crippen molar-refractivity contribution >= 4 is 17.7 Å². The number of fused-ring (bicyclic) bond motifs is 1. The molecule has 7 heteroatoms. The molecule has 168 valence electrons. The summed E-state index contributed by atoms with van der Waals surface area (Å²) < 4.78 is 10.8. The summed E-state index contributed by atoms with van der Waals surface area (Å²) in [5, 5.41) is 0. The molecule has 32 heavy (non-hydrogen) atoms. The predicted molar refractivity (Wildman–Crippen MR) is 119 cm³/mol. The second-order valence-corrected chi connectivity index (χ2v) is 8.14. The number of ether oxygens (including phenoxy) is 2. The summed E-state index contributed by atoms with van der Waals surface area (Å²) in [6, 6.07) is 10.3. The van der Waals surface area contributed by atoms with Gasteiger partial charge in [0.25, 0.3) is 17.7 Å². The van der Waals surface area contributed by atoms with Gasteiger partial charge in [-0.05, 0) is 49.6 Å². The topological polar surface area (TPSA) is 76.2 Å². The number of benzene rings is 2. The molecule has 1 atom stereocenters. The number of imide groups is 1. The van der Waals surface area contributed by atoms with E-state index >= 15 is 0 Å². The van der Waals surface area contributed by atoms with Crippen molar-refractivity contribution in [3.63, 3.8) is 0 Å². The van der Waals surface area contributed by atoms with Gasteiger partial charge in [-0.2, -0.15) is 0 Å². The first-order chi connectivity index (χ1) is 15.5. The molecule has 7 nitrogen and oxygen atoms in total. The highest BCUT2D eigenvalue weighted by molar-refractivity contribution is 6.22. The molecule has 1 saturated heterocycles. The molecule has 2 aromatic rings. The molecule has 4 rings (SSSR count). The summed E-state index contributed by atoms with van der Waals surface area (Å²) in [6.07, 6.45) is 3.35. The van der Waals surface area contributed by atoms with Gasteiger partial charge in [-0.25, -0.2) is 0 Å². The van der Waals surface area contributed by atoms with Crippen molar-refractivity contribution in [2.45, 2.75) is 38.6 Å². The molecule has 2 heterocycles. The van der Waals surface area contributed by atoms with Gasteiger partial charge < -0.3 is 14.4 Å². The van der Waals surface area contributed by atoms with Crippen LogP contribution in [0.5, 0.6) is 11.5 Å². The number of amides is 3. The van der Waals surface area contributed by atoms with Gasteiger partial charge in [-0.1, -0.05) is 13.3 Å². The van der Waals surface area contributed by atoms with Crippen molar-refractivity contribution in [1.82, 2.24) is 9.80 Å². The maximum atomic E-state index is 13.4. The maximum Gasteiger partial charge on any atom is 0.261 e. The molecule has 2 aromatic carbocycles. The lowest BCUT2D eigenvalue weighted by Crippen LogP contribution is -2.31. The van der Waals surface area contributed by atoms with E-state index in [1.165, 1.54) is 4.90 Å². The van der Waals surface area contributed by atoms with Crippen LogP contribution < -0.4 is 9.47 Å². The molecule has 0 unspecified atom stereocenters. The van der Waals surface area contributed by atoms with Gasteiger partial charge in [0, 0.05) is 30.3 Å². The largest absolute Gasteiger partial charge is 0.497 e. The second kappa shape index (κ2) is 9.02. The molecule has 2 aliphatic rings. The van der Waals surface area contributed by atoms with E-state index in [9.17, 15) is 14.4 Å². The van der Waals surface area contributed by atoms with Crippen LogP contribution in [-0.4, -0.2) is 54.8 Å². The van der Waals surface area contributed by atoms with Crippen molar-refractivity contribution < 1.29 is 23.9 Å². The lowest BCUT2D eigenvalue weighted by atomic mass is 10.0. The van der Waals surface area contributed by atoms with Gasteiger partial charge in [0.1, 0.15) is 11.5 Å². The third-order valence-electron chi connectivity index (χ3n) is 6.27. The summed E-state index contributed by atoms with van der Waals surface area (Å²) in [5.41, 5.74) is 2.03. The first-order valence-electron chi connectivity index (χ1n) is 11.0. The molecule has 0 aromatic heterocycles. The van der Waals surface area contributed by atoms with Crippen LogP contribution in [0.2, 0.25) is 0 Å². The molecule has 1 fully saturated rings. The van der Waals surface area contributed by atoms with Crippen molar-refractivity contribution in [1.29, 1.82) is 0 Å². The van der Waals surface area contributed by atoms with Crippen molar-refractivity contribution in [2.24, 2.45) is 0 Å². The lowest BCUT2D eigenvalue weighted by Gasteiger charge is -2.27. The van der Waals surface area contributed by atoms with Gasteiger partial charge in [-0.15, -0.1) is 0 Å². The maximum absolute atomic E-state index is 13.4. The van der Waals surface area contributed by atoms with E-state index in [1.807, 2.05) is 30.0 Å². The number of carbonyl (C=O) groups excluding carboxylic acids is 3. The first kappa shape index (κ1) is 21.9. The van der Waals surface area contributed by atoms with Crippen LogP contribution in [0, 0.1) is 0 Å². The lowest BCUT2D eigenvalue weighted by molar-refractivity contribution is 0.0651. The van der Waals surface area contributed by atoms with Gasteiger partial charge >= 0.3 is 0 Å². The molecular weight excluding hydrogens is 408 g/mol. The monoisotopic (exact) mass is 436 g/mol. The van der Waals surface area contributed by atoms with E-state index in [0.717, 1.165) is 31.2 Å². The smallest absolute Gasteiger partial charge is 0.261 e. The Morgan fingerprint density at radius 3 is 2.53 bits per heavy atom. The van der Waals surface area contributed by atoms with E-state index in [-0.39, 0.29) is 23.8 Å². The van der Waals surface area contributed by atoms with Crippen LogP contribution >= 0.6 is 0 Å². The van der Waals surface area contributed by atoms with E-state index < -0.39 is 0 Å². The molecule has 2 aliphatic heterocycles. The number of carbonyl (C=O) groups is 3. The standard InChI is InChI=1S/C25H28N2O5/c1-4-5-12-27-24(29)18-10-8-16(14-20(18)25(27)30)23(28)26-13-6-7-21(26)19-11-9-17(31-2)15-22(19)32-3/h8-11,14-15,21H,4-7,12-13H2,1-3H3/t21-/m0/s1. The van der Waals surface area contributed by atoms with E-state index in [4.69, 9.17) is 9.47 Å². The van der Waals surface area contributed by atoms with Crippen LogP contribution in [0.4, 0.5) is 0 Å². The fraction of sp³-hybridized carbons (Fsp3) is 0.400. The van der Waals surface area contributed by atoms with Gasteiger partial charge in [0.2, 0.25) is 0 Å². The minimum atomic E-state index is -0.317. The normalized spacial score (nSPS) is 17.7. The minimum Gasteiger partial charge on any atom is -0.497 e. The molecule has 0 radical (unpaired) electrons. The van der Waals surface area contributed by atoms with Crippen molar-refractivity contribution in [3.8, 4) is 11.5 Å². The average Bonchev–Trinajstić information content (AvgIpc) is 3.40. The number of likely N-dealkylation sites (tertiary alicyclic amines) is 1. The number of methoxy groups -OCH3 is 2. The molecule has 3 amide bonds. The zero-order valence-corrected chi connectivity index (χ0v) is 18.7. The Kier molecular flexibility index (Phi) is 6.17. The SMILES string of the molecule is CCCCN1C(=O)c2ccc(C(=O)N3CCC[C@H]3c3ccc(OC)cc3OC)cc2C1=O. The third kappa shape index (κ3) is 3.72. The zero-order chi connectivity index (χ0) is 22.8. The van der Waals surface area contributed by atoms with Crippen LogP contribution in [0.3, 0.4) is 0 Å². The Balaban J connectivity index is 1.61. The highest BCUT2D eigenvalue weighted by atomic mass is 16.5. The number of hydrogen-bond donors (Lipinski definition) is 0. The van der Waals surface area contributed by atoms with Gasteiger partial charge in [0.05, 0.1) is 31.4 Å². The highest BCUT2D eigenvalue weighted by Gasteiger charge is 2.37. The first-order valence-corrected chi connectivity index (χ1v) is 11.0. The predicted octanol–water partition coefficient (Wildman–Crippen LogP) is 4.08. The molecule has 0 N–H and O–H groups in total. The Morgan fingerprint density at radius 1 is 1.03 bits per heavy atom. The molecule has 0 bridgehead atoms. The fourth-order valence-electron chi connectivity index (χ4n) is 4.54. The Hall–Kier alpha value is -3.35. The third-order valence-corrected chi connectivity index (χ3v) is 6.27. The Bertz CT molecular complexity index is 1060.